The monoisotopic (exact) mass is 539 g/mol. The number of aliphatic hydroxyl groups excluding tert-OH is 1. The fraction of sp³-hybridized carbons (Fsp3) is 0.517. The second kappa shape index (κ2) is 10.2. The first-order valence-electron chi connectivity index (χ1n) is 13.0. The Morgan fingerprint density at radius 2 is 1.55 bits per heavy atom. The number of likely N-dealkylation sites (tertiary alicyclic amines) is 1. The van der Waals surface area contributed by atoms with Crippen LogP contribution in [0.3, 0.4) is 0 Å². The van der Waals surface area contributed by atoms with E-state index in [0.29, 0.717) is 18.8 Å². The number of ether oxygens (including phenoxy) is 1. The summed E-state index contributed by atoms with van der Waals surface area (Å²) in [5.74, 6) is 0.552. The van der Waals surface area contributed by atoms with Gasteiger partial charge in [0.05, 0.1) is 29.4 Å². The molecular formula is C29H31F6NO2. The van der Waals surface area contributed by atoms with Gasteiger partial charge in [0, 0.05) is 24.7 Å². The third kappa shape index (κ3) is 5.59. The highest BCUT2D eigenvalue weighted by molar-refractivity contribution is 5.35. The summed E-state index contributed by atoms with van der Waals surface area (Å²) in [5, 5.41) is 9.97. The van der Waals surface area contributed by atoms with Crippen LogP contribution in [0.25, 0.3) is 0 Å². The molecule has 38 heavy (non-hydrogen) atoms. The largest absolute Gasteiger partial charge is 0.416 e. The van der Waals surface area contributed by atoms with Crippen molar-refractivity contribution in [2.75, 3.05) is 13.1 Å². The van der Waals surface area contributed by atoms with Crippen LogP contribution in [-0.4, -0.2) is 35.3 Å². The van der Waals surface area contributed by atoms with Gasteiger partial charge in [0.2, 0.25) is 0 Å². The minimum Gasteiger partial charge on any atom is -0.389 e. The first kappa shape index (κ1) is 27.1. The Bertz CT molecular complexity index is 1130. The Labute approximate surface area is 218 Å². The van der Waals surface area contributed by atoms with Crippen molar-refractivity contribution in [2.45, 2.75) is 69.2 Å². The lowest BCUT2D eigenvalue weighted by atomic mass is 9.69. The van der Waals surface area contributed by atoms with E-state index >= 15 is 0 Å². The van der Waals surface area contributed by atoms with Gasteiger partial charge in [-0.05, 0) is 79.8 Å². The molecule has 1 heterocycles. The van der Waals surface area contributed by atoms with Gasteiger partial charge in [-0.15, -0.1) is 0 Å². The Balaban J connectivity index is 1.43. The molecule has 1 unspecified atom stereocenters. The van der Waals surface area contributed by atoms with E-state index in [2.05, 4.69) is 4.90 Å². The molecule has 3 aliphatic rings. The van der Waals surface area contributed by atoms with Crippen LogP contribution < -0.4 is 0 Å². The van der Waals surface area contributed by atoms with E-state index in [9.17, 15) is 31.4 Å². The lowest BCUT2D eigenvalue weighted by Gasteiger charge is -2.41. The lowest BCUT2D eigenvalue weighted by molar-refractivity contribution is -0.143. The molecule has 1 N–H and O–H groups in total. The zero-order chi connectivity index (χ0) is 27.2. The highest BCUT2D eigenvalue weighted by atomic mass is 19.4. The first-order valence-corrected chi connectivity index (χ1v) is 13.0. The second-order valence-electron chi connectivity index (χ2n) is 10.8. The molecule has 0 bridgehead atoms. The first-order chi connectivity index (χ1) is 17.9. The van der Waals surface area contributed by atoms with E-state index in [0.717, 1.165) is 49.3 Å². The molecule has 1 aliphatic heterocycles. The van der Waals surface area contributed by atoms with E-state index in [1.165, 1.54) is 6.92 Å². The molecule has 0 amide bonds. The molecule has 0 aromatic heterocycles. The van der Waals surface area contributed by atoms with Gasteiger partial charge in [-0.25, -0.2) is 0 Å². The highest BCUT2D eigenvalue weighted by Crippen LogP contribution is 2.49. The minimum absolute atomic E-state index is 0.0535. The molecule has 5 rings (SSSR count). The van der Waals surface area contributed by atoms with Crippen molar-refractivity contribution in [1.82, 2.24) is 4.90 Å². The predicted octanol–water partition coefficient (Wildman–Crippen LogP) is 7.33. The Hall–Kier alpha value is -2.52. The Morgan fingerprint density at radius 1 is 0.895 bits per heavy atom. The van der Waals surface area contributed by atoms with Crippen molar-refractivity contribution in [3.05, 3.63) is 82.6 Å². The van der Waals surface area contributed by atoms with E-state index in [1.54, 1.807) is 0 Å². The Morgan fingerprint density at radius 3 is 2.13 bits per heavy atom. The van der Waals surface area contributed by atoms with Gasteiger partial charge in [0.15, 0.2) is 0 Å². The molecule has 1 saturated carbocycles. The van der Waals surface area contributed by atoms with Crippen LogP contribution in [0.5, 0.6) is 0 Å². The summed E-state index contributed by atoms with van der Waals surface area (Å²) in [6.07, 6.45) is -6.60. The maximum absolute atomic E-state index is 13.4. The normalized spacial score (nSPS) is 28.8. The number of alkyl halides is 6. The van der Waals surface area contributed by atoms with Crippen LogP contribution in [-0.2, 0) is 17.1 Å². The fourth-order valence-corrected chi connectivity index (χ4v) is 6.47. The summed E-state index contributed by atoms with van der Waals surface area (Å²) in [6, 6.07) is 11.5. The molecule has 1 saturated heterocycles. The minimum atomic E-state index is -4.91. The van der Waals surface area contributed by atoms with Crippen molar-refractivity contribution in [3.63, 3.8) is 0 Å². The molecule has 0 spiro atoms. The molecular weight excluding hydrogens is 508 g/mol. The maximum Gasteiger partial charge on any atom is 0.416 e. The highest BCUT2D eigenvalue weighted by Gasteiger charge is 2.47. The van der Waals surface area contributed by atoms with Crippen molar-refractivity contribution in [1.29, 1.82) is 0 Å². The third-order valence-corrected chi connectivity index (χ3v) is 8.31. The van der Waals surface area contributed by atoms with Gasteiger partial charge >= 0.3 is 12.4 Å². The van der Waals surface area contributed by atoms with Gasteiger partial charge in [-0.2, -0.15) is 26.3 Å². The van der Waals surface area contributed by atoms with Gasteiger partial charge in [0.25, 0.3) is 0 Å². The molecule has 2 aliphatic carbocycles. The molecule has 3 nitrogen and oxygen atoms in total. The third-order valence-electron chi connectivity index (χ3n) is 8.31. The SMILES string of the molecule is C[C@@H](O[C@H]1CC[C@@H]2CN(C3=CC(O)CC3)C[C@H]2[C@@H]1c1ccccc1)c1cc(C(F)(F)F)cc(C(F)(F)F)c1. The number of rotatable bonds is 5. The van der Waals surface area contributed by atoms with Gasteiger partial charge < -0.3 is 14.7 Å². The average molecular weight is 540 g/mol. The summed E-state index contributed by atoms with van der Waals surface area (Å²) in [7, 11) is 0. The van der Waals surface area contributed by atoms with Crippen molar-refractivity contribution < 1.29 is 36.2 Å². The number of aliphatic hydroxyl groups is 1. The summed E-state index contributed by atoms with van der Waals surface area (Å²) >= 11 is 0. The van der Waals surface area contributed by atoms with E-state index in [-0.39, 0.29) is 29.6 Å². The van der Waals surface area contributed by atoms with Crippen LogP contribution in [0, 0.1) is 11.8 Å². The number of nitrogens with zero attached hydrogens (tertiary/aromatic N) is 1. The Kier molecular flexibility index (Phi) is 7.28. The molecule has 9 heteroatoms. The smallest absolute Gasteiger partial charge is 0.389 e. The predicted molar refractivity (Wildman–Crippen MR) is 130 cm³/mol. The van der Waals surface area contributed by atoms with Crippen molar-refractivity contribution >= 4 is 0 Å². The molecule has 0 radical (unpaired) electrons. The quantitative estimate of drug-likeness (QED) is 0.404. The molecule has 206 valence electrons. The van der Waals surface area contributed by atoms with Crippen molar-refractivity contribution in [2.24, 2.45) is 11.8 Å². The summed E-state index contributed by atoms with van der Waals surface area (Å²) < 4.78 is 87.0. The van der Waals surface area contributed by atoms with Crippen LogP contribution in [0.1, 0.15) is 66.9 Å². The number of hydrogen-bond acceptors (Lipinski definition) is 3. The molecule has 6 atom stereocenters. The number of hydrogen-bond donors (Lipinski definition) is 1. The van der Waals surface area contributed by atoms with Crippen LogP contribution in [0.2, 0.25) is 0 Å². The molecule has 2 fully saturated rings. The van der Waals surface area contributed by atoms with Crippen LogP contribution in [0.4, 0.5) is 26.3 Å². The molecule has 2 aromatic carbocycles. The number of allylic oxidation sites excluding steroid dienone is 1. The number of benzene rings is 2. The standard InChI is InChI=1S/C29H31F6NO2/c1-17(20-11-21(28(30,31)32)13-22(12-20)29(33,34)35)38-26-10-7-19-15-36(23-8-9-24(37)14-23)16-25(19)27(26)18-5-3-2-4-6-18/h2-6,11-14,17,19,24-27,37H,7-10,15-16H2,1H3/t17-,19-,24?,25-,26+,27+/m1/s1. The summed E-state index contributed by atoms with van der Waals surface area (Å²) in [5.41, 5.74) is -0.603. The second-order valence-corrected chi connectivity index (χ2v) is 10.8. The summed E-state index contributed by atoms with van der Waals surface area (Å²) in [6.45, 7) is 3.17. The zero-order valence-electron chi connectivity index (χ0n) is 21.0. The van der Waals surface area contributed by atoms with Crippen molar-refractivity contribution in [3.8, 4) is 0 Å². The lowest BCUT2D eigenvalue weighted by Crippen LogP contribution is -2.38. The van der Waals surface area contributed by atoms with Gasteiger partial charge in [0.1, 0.15) is 0 Å². The fourth-order valence-electron chi connectivity index (χ4n) is 6.47. The zero-order valence-corrected chi connectivity index (χ0v) is 21.0. The summed E-state index contributed by atoms with van der Waals surface area (Å²) in [4.78, 5) is 2.33. The molecule has 2 aromatic rings. The van der Waals surface area contributed by atoms with Crippen LogP contribution >= 0.6 is 0 Å². The van der Waals surface area contributed by atoms with Gasteiger partial charge in [-0.3, -0.25) is 0 Å². The number of halogens is 6. The maximum atomic E-state index is 13.4. The van der Waals surface area contributed by atoms with E-state index < -0.39 is 35.7 Å². The van der Waals surface area contributed by atoms with E-state index in [1.807, 2.05) is 36.4 Å². The number of fused-ring (bicyclic) bond motifs is 1. The van der Waals surface area contributed by atoms with E-state index in [4.69, 9.17) is 4.74 Å². The van der Waals surface area contributed by atoms with Gasteiger partial charge in [-0.1, -0.05) is 30.3 Å². The van der Waals surface area contributed by atoms with Crippen LogP contribution in [0.15, 0.2) is 60.3 Å². The topological polar surface area (TPSA) is 32.7 Å². The average Bonchev–Trinajstić information content (AvgIpc) is 3.49.